The second-order valence-electron chi connectivity index (χ2n) is 5.84. The van der Waals surface area contributed by atoms with E-state index in [4.69, 9.17) is 4.74 Å². The van der Waals surface area contributed by atoms with Crippen molar-refractivity contribution in [3.8, 4) is 5.75 Å². The maximum absolute atomic E-state index is 12.9. The van der Waals surface area contributed by atoms with Gasteiger partial charge in [0.2, 0.25) is 11.8 Å². The van der Waals surface area contributed by atoms with E-state index in [1.165, 1.54) is 6.92 Å². The molecule has 0 fully saturated rings. The molecule has 2 rings (SSSR count). The van der Waals surface area contributed by atoms with Crippen molar-refractivity contribution in [1.82, 2.24) is 0 Å². The van der Waals surface area contributed by atoms with Crippen molar-refractivity contribution >= 4 is 23.2 Å². The highest BCUT2D eigenvalue weighted by Crippen LogP contribution is 2.30. The maximum atomic E-state index is 12.9. The molecule has 0 spiro atoms. The van der Waals surface area contributed by atoms with Crippen LogP contribution in [0.5, 0.6) is 5.75 Å². The summed E-state index contributed by atoms with van der Waals surface area (Å²) in [6.07, 6.45) is 1.65. The van der Waals surface area contributed by atoms with Gasteiger partial charge in [-0.25, -0.2) is 0 Å². The van der Waals surface area contributed by atoms with E-state index in [2.05, 4.69) is 17.6 Å². The highest BCUT2D eigenvalue weighted by Gasteiger charge is 2.21. The highest BCUT2D eigenvalue weighted by molar-refractivity contribution is 5.98. The van der Waals surface area contributed by atoms with Crippen molar-refractivity contribution in [2.24, 2.45) is 0 Å². The number of anilines is 2. The van der Waals surface area contributed by atoms with Gasteiger partial charge in [0.05, 0.1) is 18.7 Å². The molecule has 0 aliphatic heterocycles. The van der Waals surface area contributed by atoms with Gasteiger partial charge in [0, 0.05) is 12.6 Å². The van der Waals surface area contributed by atoms with Gasteiger partial charge >= 0.3 is 0 Å². The Morgan fingerprint density at radius 1 is 1.08 bits per heavy atom. The SMILES string of the molecule is CCCC(C(=O)Nc1cc(NC(C)=O)ccc1OC)c1ccccc1. The number of methoxy groups -OCH3 is 1. The molecule has 0 aliphatic rings. The number of ether oxygens (including phenoxy) is 1. The first-order valence-electron chi connectivity index (χ1n) is 8.36. The average Bonchev–Trinajstić information content (AvgIpc) is 2.60. The van der Waals surface area contributed by atoms with Crippen molar-refractivity contribution in [3.05, 3.63) is 54.1 Å². The van der Waals surface area contributed by atoms with E-state index in [0.29, 0.717) is 17.1 Å². The molecule has 0 aromatic heterocycles. The molecule has 25 heavy (non-hydrogen) atoms. The predicted molar refractivity (Wildman–Crippen MR) is 100 cm³/mol. The lowest BCUT2D eigenvalue weighted by atomic mass is 9.93. The van der Waals surface area contributed by atoms with Gasteiger partial charge in [-0.05, 0) is 30.2 Å². The molecule has 0 radical (unpaired) electrons. The van der Waals surface area contributed by atoms with Gasteiger partial charge in [-0.3, -0.25) is 9.59 Å². The Kier molecular flexibility index (Phi) is 6.57. The van der Waals surface area contributed by atoms with E-state index in [1.807, 2.05) is 30.3 Å². The first-order valence-corrected chi connectivity index (χ1v) is 8.36. The van der Waals surface area contributed by atoms with Gasteiger partial charge in [-0.15, -0.1) is 0 Å². The molecule has 2 aromatic rings. The molecule has 0 bridgehead atoms. The zero-order valence-corrected chi connectivity index (χ0v) is 14.8. The first-order chi connectivity index (χ1) is 12.0. The highest BCUT2D eigenvalue weighted by atomic mass is 16.5. The summed E-state index contributed by atoms with van der Waals surface area (Å²) in [5.74, 6) is 0.0491. The Morgan fingerprint density at radius 2 is 1.80 bits per heavy atom. The van der Waals surface area contributed by atoms with Crippen LogP contribution in [0.4, 0.5) is 11.4 Å². The third kappa shape index (κ3) is 5.08. The molecule has 0 saturated heterocycles. The zero-order valence-electron chi connectivity index (χ0n) is 14.8. The molecule has 5 nitrogen and oxygen atoms in total. The summed E-state index contributed by atoms with van der Waals surface area (Å²) in [5.41, 5.74) is 2.13. The van der Waals surface area contributed by atoms with E-state index < -0.39 is 0 Å². The van der Waals surface area contributed by atoms with Crippen LogP contribution in [-0.4, -0.2) is 18.9 Å². The summed E-state index contributed by atoms with van der Waals surface area (Å²) in [5, 5.41) is 5.65. The fraction of sp³-hybridized carbons (Fsp3) is 0.300. The van der Waals surface area contributed by atoms with E-state index in [1.54, 1.807) is 25.3 Å². The third-order valence-corrected chi connectivity index (χ3v) is 3.87. The molecule has 2 amide bonds. The van der Waals surface area contributed by atoms with Gasteiger partial charge < -0.3 is 15.4 Å². The van der Waals surface area contributed by atoms with Crippen molar-refractivity contribution in [3.63, 3.8) is 0 Å². The van der Waals surface area contributed by atoms with Crippen molar-refractivity contribution in [2.75, 3.05) is 17.7 Å². The number of carbonyl (C=O) groups is 2. The summed E-state index contributed by atoms with van der Waals surface area (Å²) >= 11 is 0. The van der Waals surface area contributed by atoms with Crippen LogP contribution in [-0.2, 0) is 9.59 Å². The van der Waals surface area contributed by atoms with Crippen LogP contribution in [0.3, 0.4) is 0 Å². The minimum absolute atomic E-state index is 0.0914. The fourth-order valence-corrected chi connectivity index (χ4v) is 2.73. The lowest BCUT2D eigenvalue weighted by Gasteiger charge is -2.18. The quantitative estimate of drug-likeness (QED) is 0.795. The summed E-state index contributed by atoms with van der Waals surface area (Å²) in [6, 6.07) is 14.9. The summed E-state index contributed by atoms with van der Waals surface area (Å²) in [4.78, 5) is 24.1. The lowest BCUT2D eigenvalue weighted by Crippen LogP contribution is -2.21. The third-order valence-electron chi connectivity index (χ3n) is 3.87. The number of benzene rings is 2. The monoisotopic (exact) mass is 340 g/mol. The Labute approximate surface area is 148 Å². The van der Waals surface area contributed by atoms with Crippen LogP contribution in [0, 0.1) is 0 Å². The number of carbonyl (C=O) groups excluding carboxylic acids is 2. The number of hydrogen-bond donors (Lipinski definition) is 2. The van der Waals surface area contributed by atoms with Gasteiger partial charge in [0.15, 0.2) is 0 Å². The summed E-state index contributed by atoms with van der Waals surface area (Å²) in [6.45, 7) is 3.50. The lowest BCUT2D eigenvalue weighted by molar-refractivity contribution is -0.117. The van der Waals surface area contributed by atoms with Crippen LogP contribution in [0.15, 0.2) is 48.5 Å². The molecular formula is C20H24N2O3. The molecule has 1 atom stereocenters. The zero-order chi connectivity index (χ0) is 18.2. The fourth-order valence-electron chi connectivity index (χ4n) is 2.73. The standard InChI is InChI=1S/C20H24N2O3/c1-4-8-17(15-9-6-5-7-10-15)20(24)22-18-13-16(21-14(2)23)11-12-19(18)25-3/h5-7,9-13,17H,4,8H2,1-3H3,(H,21,23)(H,22,24). The first kappa shape index (κ1) is 18.5. The topological polar surface area (TPSA) is 67.4 Å². The molecule has 0 heterocycles. The van der Waals surface area contributed by atoms with Crippen molar-refractivity contribution in [1.29, 1.82) is 0 Å². The smallest absolute Gasteiger partial charge is 0.232 e. The van der Waals surface area contributed by atoms with Crippen LogP contribution < -0.4 is 15.4 Å². The second-order valence-corrected chi connectivity index (χ2v) is 5.84. The number of amides is 2. The summed E-state index contributed by atoms with van der Waals surface area (Å²) < 4.78 is 5.32. The average molecular weight is 340 g/mol. The minimum atomic E-state index is -0.236. The molecule has 0 aliphatic carbocycles. The van der Waals surface area contributed by atoms with Crippen molar-refractivity contribution < 1.29 is 14.3 Å². The number of nitrogens with one attached hydrogen (secondary N) is 2. The van der Waals surface area contributed by atoms with E-state index in [0.717, 1.165) is 18.4 Å². The van der Waals surface area contributed by atoms with E-state index in [9.17, 15) is 9.59 Å². The maximum Gasteiger partial charge on any atom is 0.232 e. The largest absolute Gasteiger partial charge is 0.495 e. The molecule has 5 heteroatoms. The molecule has 1 unspecified atom stereocenters. The van der Waals surface area contributed by atoms with Gasteiger partial charge in [0.1, 0.15) is 5.75 Å². The van der Waals surface area contributed by atoms with Gasteiger partial charge in [-0.1, -0.05) is 43.7 Å². The molecule has 2 N–H and O–H groups in total. The Balaban J connectivity index is 2.26. The van der Waals surface area contributed by atoms with Crippen LogP contribution in [0.1, 0.15) is 38.2 Å². The minimum Gasteiger partial charge on any atom is -0.495 e. The molecule has 0 saturated carbocycles. The predicted octanol–water partition coefficient (Wildman–Crippen LogP) is 4.18. The molecular weight excluding hydrogens is 316 g/mol. The van der Waals surface area contributed by atoms with E-state index in [-0.39, 0.29) is 17.7 Å². The van der Waals surface area contributed by atoms with Crippen LogP contribution >= 0.6 is 0 Å². The molecule has 132 valence electrons. The molecule has 2 aromatic carbocycles. The second kappa shape index (κ2) is 8.87. The Morgan fingerprint density at radius 3 is 2.40 bits per heavy atom. The number of rotatable bonds is 7. The van der Waals surface area contributed by atoms with Crippen LogP contribution in [0.2, 0.25) is 0 Å². The normalized spacial score (nSPS) is 11.5. The number of hydrogen-bond acceptors (Lipinski definition) is 3. The van der Waals surface area contributed by atoms with Crippen LogP contribution in [0.25, 0.3) is 0 Å². The Hall–Kier alpha value is -2.82. The summed E-state index contributed by atoms with van der Waals surface area (Å²) in [7, 11) is 1.55. The van der Waals surface area contributed by atoms with Crippen molar-refractivity contribution in [2.45, 2.75) is 32.6 Å². The van der Waals surface area contributed by atoms with Gasteiger partial charge in [-0.2, -0.15) is 0 Å². The van der Waals surface area contributed by atoms with Gasteiger partial charge in [0.25, 0.3) is 0 Å². The Bertz CT molecular complexity index is 729. The van der Waals surface area contributed by atoms with E-state index >= 15 is 0 Å².